The number of hydrogen-bond donors (Lipinski definition) is 1. The van der Waals surface area contributed by atoms with Crippen LogP contribution in [0.2, 0.25) is 10.0 Å². The molecule has 1 heterocycles. The highest BCUT2D eigenvalue weighted by molar-refractivity contribution is 6.32. The number of nitrogens with two attached hydrogens (primary N) is 1. The molecule has 0 aliphatic carbocycles. The second-order valence-electron chi connectivity index (χ2n) is 5.26. The van der Waals surface area contributed by atoms with Gasteiger partial charge in [-0.1, -0.05) is 41.4 Å². The Hall–Kier alpha value is -1.03. The van der Waals surface area contributed by atoms with Gasteiger partial charge in [0.1, 0.15) is 0 Å². The van der Waals surface area contributed by atoms with Gasteiger partial charge in [0.2, 0.25) is 0 Å². The van der Waals surface area contributed by atoms with Crippen molar-refractivity contribution in [3.63, 3.8) is 0 Å². The number of halogens is 2. The van der Waals surface area contributed by atoms with Crippen LogP contribution in [0.15, 0.2) is 24.3 Å². The van der Waals surface area contributed by atoms with E-state index in [2.05, 4.69) is 18.1 Å². The predicted molar refractivity (Wildman–Crippen MR) is 89.1 cm³/mol. The second kappa shape index (κ2) is 7.30. The largest absolute Gasteiger partial charge is 0.330 e. The van der Waals surface area contributed by atoms with E-state index in [1.165, 1.54) is 0 Å². The van der Waals surface area contributed by atoms with E-state index in [0.717, 1.165) is 46.4 Å². The highest BCUT2D eigenvalue weighted by Crippen LogP contribution is 2.26. The maximum Gasteiger partial charge on any atom is 0.0847 e. The molecular weight excluding hydrogens is 305 g/mol. The number of nitrogens with zero attached hydrogens (tertiary/aromatic N) is 2. The molecule has 0 saturated carbocycles. The SMILES string of the molecule is CCn1nc(C)c(Cl)c1CC(CN)Cc1ccccc1Cl. The summed E-state index contributed by atoms with van der Waals surface area (Å²) in [6.45, 7) is 5.41. The van der Waals surface area contributed by atoms with Gasteiger partial charge in [0.05, 0.1) is 16.4 Å². The monoisotopic (exact) mass is 325 g/mol. The molecule has 0 bridgehead atoms. The van der Waals surface area contributed by atoms with Crippen LogP contribution in [0, 0.1) is 12.8 Å². The number of hydrogen-bond acceptors (Lipinski definition) is 2. The van der Waals surface area contributed by atoms with Crippen LogP contribution in [0.25, 0.3) is 0 Å². The third-order valence-corrected chi connectivity index (χ3v) is 4.59. The lowest BCUT2D eigenvalue weighted by atomic mass is 9.94. The van der Waals surface area contributed by atoms with Gasteiger partial charge in [0, 0.05) is 11.6 Å². The average molecular weight is 326 g/mol. The molecule has 1 aromatic carbocycles. The Labute approximate surface area is 136 Å². The quantitative estimate of drug-likeness (QED) is 0.875. The number of benzene rings is 1. The highest BCUT2D eigenvalue weighted by Gasteiger charge is 2.18. The summed E-state index contributed by atoms with van der Waals surface area (Å²) in [5, 5.41) is 6.01. The minimum absolute atomic E-state index is 0.295. The van der Waals surface area contributed by atoms with Crippen molar-refractivity contribution in [2.45, 2.75) is 33.2 Å². The summed E-state index contributed by atoms with van der Waals surface area (Å²) in [4.78, 5) is 0. The number of aryl methyl sites for hydroxylation is 2. The summed E-state index contributed by atoms with van der Waals surface area (Å²) in [5.74, 6) is 0.295. The highest BCUT2D eigenvalue weighted by atomic mass is 35.5. The molecule has 3 nitrogen and oxygen atoms in total. The summed E-state index contributed by atoms with van der Waals surface area (Å²) in [5.41, 5.74) is 9.03. The van der Waals surface area contributed by atoms with E-state index >= 15 is 0 Å². The lowest BCUT2D eigenvalue weighted by molar-refractivity contribution is 0.499. The molecule has 21 heavy (non-hydrogen) atoms. The fourth-order valence-electron chi connectivity index (χ4n) is 2.55. The molecule has 1 aromatic heterocycles. The van der Waals surface area contributed by atoms with Crippen LogP contribution >= 0.6 is 23.2 Å². The van der Waals surface area contributed by atoms with Gasteiger partial charge in [0.25, 0.3) is 0 Å². The Balaban J connectivity index is 2.18. The van der Waals surface area contributed by atoms with E-state index in [0.29, 0.717) is 12.5 Å². The molecule has 0 radical (unpaired) electrons. The van der Waals surface area contributed by atoms with Gasteiger partial charge in [0.15, 0.2) is 0 Å². The van der Waals surface area contributed by atoms with Crippen LogP contribution in [0.1, 0.15) is 23.9 Å². The summed E-state index contributed by atoms with van der Waals surface area (Å²) in [7, 11) is 0. The topological polar surface area (TPSA) is 43.8 Å². The number of rotatable bonds is 6. The molecule has 114 valence electrons. The van der Waals surface area contributed by atoms with Crippen molar-refractivity contribution in [3.05, 3.63) is 51.3 Å². The Morgan fingerprint density at radius 2 is 1.95 bits per heavy atom. The number of aromatic nitrogens is 2. The standard InChI is InChI=1S/C16H21Cl2N3/c1-3-21-15(16(18)11(2)20-21)9-12(10-19)8-13-6-4-5-7-14(13)17/h4-7,12H,3,8-10,19H2,1-2H3. The van der Waals surface area contributed by atoms with Gasteiger partial charge >= 0.3 is 0 Å². The Kier molecular flexibility index (Phi) is 5.68. The molecule has 0 amide bonds. The summed E-state index contributed by atoms with van der Waals surface area (Å²) >= 11 is 12.6. The molecule has 2 aromatic rings. The van der Waals surface area contributed by atoms with Crippen molar-refractivity contribution < 1.29 is 0 Å². The smallest absolute Gasteiger partial charge is 0.0847 e. The fraction of sp³-hybridized carbons (Fsp3) is 0.438. The molecule has 1 unspecified atom stereocenters. The molecule has 0 spiro atoms. The molecule has 0 fully saturated rings. The molecule has 2 N–H and O–H groups in total. The fourth-order valence-corrected chi connectivity index (χ4v) is 2.98. The first kappa shape index (κ1) is 16.3. The van der Waals surface area contributed by atoms with Crippen LogP contribution < -0.4 is 5.73 Å². The van der Waals surface area contributed by atoms with Crippen LogP contribution in [-0.4, -0.2) is 16.3 Å². The minimum Gasteiger partial charge on any atom is -0.330 e. The van der Waals surface area contributed by atoms with Gasteiger partial charge in [-0.2, -0.15) is 5.10 Å². The molecule has 0 aliphatic heterocycles. The van der Waals surface area contributed by atoms with Crippen LogP contribution in [0.3, 0.4) is 0 Å². The normalized spacial score (nSPS) is 12.6. The molecule has 2 rings (SSSR count). The minimum atomic E-state index is 0.295. The Morgan fingerprint density at radius 3 is 2.57 bits per heavy atom. The molecule has 1 atom stereocenters. The Morgan fingerprint density at radius 1 is 1.24 bits per heavy atom. The first-order valence-electron chi connectivity index (χ1n) is 7.22. The third kappa shape index (κ3) is 3.79. The van der Waals surface area contributed by atoms with Crippen LogP contribution in [0.4, 0.5) is 0 Å². The molecule has 5 heteroatoms. The van der Waals surface area contributed by atoms with Gasteiger partial charge in [-0.25, -0.2) is 0 Å². The second-order valence-corrected chi connectivity index (χ2v) is 6.05. The van der Waals surface area contributed by atoms with E-state index in [4.69, 9.17) is 28.9 Å². The Bertz CT molecular complexity index is 608. The average Bonchev–Trinajstić information content (AvgIpc) is 2.76. The predicted octanol–water partition coefficient (Wildman–Crippen LogP) is 3.88. The maximum absolute atomic E-state index is 6.38. The van der Waals surface area contributed by atoms with Gasteiger partial charge < -0.3 is 5.73 Å². The van der Waals surface area contributed by atoms with Crippen molar-refractivity contribution in [1.29, 1.82) is 0 Å². The summed E-state index contributed by atoms with van der Waals surface area (Å²) < 4.78 is 1.97. The summed E-state index contributed by atoms with van der Waals surface area (Å²) in [6.07, 6.45) is 1.66. The summed E-state index contributed by atoms with van der Waals surface area (Å²) in [6, 6.07) is 7.91. The van der Waals surface area contributed by atoms with Gasteiger partial charge in [-0.15, -0.1) is 0 Å². The first-order valence-corrected chi connectivity index (χ1v) is 7.97. The first-order chi connectivity index (χ1) is 10.1. The van der Waals surface area contributed by atoms with E-state index in [9.17, 15) is 0 Å². The zero-order valence-electron chi connectivity index (χ0n) is 12.4. The van der Waals surface area contributed by atoms with E-state index in [1.54, 1.807) is 0 Å². The zero-order valence-corrected chi connectivity index (χ0v) is 14.0. The van der Waals surface area contributed by atoms with Crippen molar-refractivity contribution in [3.8, 4) is 0 Å². The van der Waals surface area contributed by atoms with Crippen molar-refractivity contribution in [2.24, 2.45) is 11.7 Å². The van der Waals surface area contributed by atoms with E-state index < -0.39 is 0 Å². The van der Waals surface area contributed by atoms with Crippen molar-refractivity contribution in [2.75, 3.05) is 6.54 Å². The van der Waals surface area contributed by atoms with E-state index in [1.807, 2.05) is 29.8 Å². The van der Waals surface area contributed by atoms with Gasteiger partial charge in [-0.05, 0) is 50.8 Å². The maximum atomic E-state index is 6.38. The molecule has 0 saturated heterocycles. The van der Waals surface area contributed by atoms with Crippen LogP contribution in [0.5, 0.6) is 0 Å². The lowest BCUT2D eigenvalue weighted by Crippen LogP contribution is -2.21. The lowest BCUT2D eigenvalue weighted by Gasteiger charge is -2.16. The van der Waals surface area contributed by atoms with Crippen LogP contribution in [-0.2, 0) is 19.4 Å². The van der Waals surface area contributed by atoms with Crippen molar-refractivity contribution in [1.82, 2.24) is 9.78 Å². The zero-order chi connectivity index (χ0) is 15.4. The molecule has 0 aliphatic rings. The van der Waals surface area contributed by atoms with Crippen molar-refractivity contribution >= 4 is 23.2 Å². The van der Waals surface area contributed by atoms with E-state index in [-0.39, 0.29) is 0 Å². The third-order valence-electron chi connectivity index (χ3n) is 3.73. The molecular formula is C16H21Cl2N3. The van der Waals surface area contributed by atoms with Gasteiger partial charge in [-0.3, -0.25) is 4.68 Å².